The molecule has 0 aliphatic carbocycles. The third kappa shape index (κ3) is 1.02. The lowest BCUT2D eigenvalue weighted by atomic mass is 10.1. The zero-order chi connectivity index (χ0) is 8.72. The van der Waals surface area contributed by atoms with Crippen molar-refractivity contribution in [1.29, 1.82) is 0 Å². The molecule has 1 unspecified atom stereocenters. The number of hydrogen-bond acceptors (Lipinski definition) is 1. The molecule has 12 heavy (non-hydrogen) atoms. The van der Waals surface area contributed by atoms with E-state index in [9.17, 15) is 4.79 Å². The number of carbonyl (C=O) groups is 1. The van der Waals surface area contributed by atoms with Crippen LogP contribution in [0.5, 0.6) is 0 Å². The number of amides is 1. The minimum atomic E-state index is -0.00292. The molecule has 1 amide bonds. The van der Waals surface area contributed by atoms with Crippen molar-refractivity contribution < 1.29 is 4.79 Å². The summed E-state index contributed by atoms with van der Waals surface area (Å²) in [6, 6.07) is 2.33. The van der Waals surface area contributed by atoms with E-state index in [0.29, 0.717) is 0 Å². The highest BCUT2D eigenvalue weighted by atomic mass is 16.2. The summed E-state index contributed by atoms with van der Waals surface area (Å²) in [4.78, 5) is 11.4. The molecule has 0 fully saturated rings. The Bertz CT molecular complexity index is 327. The largest absolute Gasteiger partial charge is 0.335 e. The summed E-state index contributed by atoms with van der Waals surface area (Å²) < 4.78 is 1.69. The summed E-state index contributed by atoms with van der Waals surface area (Å²) in [5.74, 6) is 0. The van der Waals surface area contributed by atoms with Gasteiger partial charge in [-0.1, -0.05) is 0 Å². The molecule has 1 aromatic rings. The highest BCUT2D eigenvalue weighted by Crippen LogP contribution is 2.13. The minimum Gasteiger partial charge on any atom is -0.335 e. The van der Waals surface area contributed by atoms with Crippen molar-refractivity contribution in [2.45, 2.75) is 26.3 Å². The zero-order valence-electron chi connectivity index (χ0n) is 7.29. The number of carbonyl (C=O) groups excluding carboxylic acids is 1. The lowest BCUT2D eigenvalue weighted by Gasteiger charge is -2.21. The molecule has 2 heterocycles. The first kappa shape index (κ1) is 7.40. The molecule has 1 N–H and O–H groups in total. The van der Waals surface area contributed by atoms with Crippen LogP contribution in [0.4, 0.5) is 4.79 Å². The number of fused-ring (bicyclic) bond motifs is 1. The van der Waals surface area contributed by atoms with Crippen LogP contribution in [0, 0.1) is 6.92 Å². The second-order valence-corrected chi connectivity index (χ2v) is 3.43. The van der Waals surface area contributed by atoms with E-state index in [4.69, 9.17) is 0 Å². The van der Waals surface area contributed by atoms with E-state index in [1.807, 2.05) is 20.0 Å². The third-order valence-corrected chi connectivity index (χ3v) is 2.14. The molecule has 0 radical (unpaired) electrons. The Kier molecular flexibility index (Phi) is 1.46. The van der Waals surface area contributed by atoms with E-state index in [1.54, 1.807) is 4.57 Å². The van der Waals surface area contributed by atoms with Crippen molar-refractivity contribution in [2.75, 3.05) is 0 Å². The van der Waals surface area contributed by atoms with Gasteiger partial charge >= 0.3 is 6.03 Å². The van der Waals surface area contributed by atoms with Crippen LogP contribution < -0.4 is 5.32 Å². The molecule has 0 saturated carbocycles. The number of nitrogens with one attached hydrogen (secondary N) is 1. The van der Waals surface area contributed by atoms with Gasteiger partial charge in [-0.15, -0.1) is 0 Å². The van der Waals surface area contributed by atoms with Gasteiger partial charge in [0.25, 0.3) is 0 Å². The number of nitrogens with zero attached hydrogens (tertiary/aromatic N) is 1. The van der Waals surface area contributed by atoms with Crippen LogP contribution in [0.1, 0.15) is 18.2 Å². The van der Waals surface area contributed by atoms with Crippen molar-refractivity contribution in [1.82, 2.24) is 9.88 Å². The first-order chi connectivity index (χ1) is 5.66. The standard InChI is InChI=1S/C9H12N2O/c1-6-3-8-4-7(2)10-9(12)11(8)5-6/h3,5,7H,4H2,1-2H3,(H,10,12). The first-order valence-corrected chi connectivity index (χ1v) is 4.15. The lowest BCUT2D eigenvalue weighted by molar-refractivity contribution is 0.234. The summed E-state index contributed by atoms with van der Waals surface area (Å²) >= 11 is 0. The molecule has 1 atom stereocenters. The quantitative estimate of drug-likeness (QED) is 0.616. The van der Waals surface area contributed by atoms with Crippen LogP contribution in [0.3, 0.4) is 0 Å². The molecule has 0 bridgehead atoms. The first-order valence-electron chi connectivity index (χ1n) is 4.15. The molecule has 0 saturated heterocycles. The highest BCUT2D eigenvalue weighted by molar-refractivity contribution is 5.79. The van der Waals surface area contributed by atoms with Crippen LogP contribution in [-0.2, 0) is 6.42 Å². The van der Waals surface area contributed by atoms with E-state index in [2.05, 4.69) is 11.4 Å². The van der Waals surface area contributed by atoms with Crippen LogP contribution in [0.2, 0.25) is 0 Å². The molecule has 64 valence electrons. The second-order valence-electron chi connectivity index (χ2n) is 3.43. The number of aromatic nitrogens is 1. The van der Waals surface area contributed by atoms with Crippen LogP contribution in [-0.4, -0.2) is 16.6 Å². The topological polar surface area (TPSA) is 34.0 Å². The molecular formula is C9H12N2O. The monoisotopic (exact) mass is 164 g/mol. The second kappa shape index (κ2) is 2.37. The average Bonchev–Trinajstić information content (AvgIpc) is 2.29. The summed E-state index contributed by atoms with van der Waals surface area (Å²) in [5, 5.41) is 2.87. The summed E-state index contributed by atoms with van der Waals surface area (Å²) in [7, 11) is 0. The van der Waals surface area contributed by atoms with Gasteiger partial charge in [0, 0.05) is 24.4 Å². The van der Waals surface area contributed by atoms with Gasteiger partial charge in [-0.05, 0) is 25.5 Å². The maximum atomic E-state index is 11.4. The fourth-order valence-electron chi connectivity index (χ4n) is 1.65. The smallest absolute Gasteiger partial charge is 0.325 e. The van der Waals surface area contributed by atoms with Gasteiger partial charge in [-0.3, -0.25) is 4.57 Å². The molecule has 1 aromatic heterocycles. The Morgan fingerprint density at radius 2 is 2.42 bits per heavy atom. The molecule has 2 rings (SSSR count). The molecule has 3 nitrogen and oxygen atoms in total. The van der Waals surface area contributed by atoms with E-state index in [0.717, 1.165) is 17.7 Å². The molecule has 1 aliphatic heterocycles. The maximum Gasteiger partial charge on any atom is 0.325 e. The SMILES string of the molecule is Cc1cc2n(c1)C(=O)NC(C)C2. The van der Waals surface area contributed by atoms with E-state index >= 15 is 0 Å². The maximum absolute atomic E-state index is 11.4. The highest BCUT2D eigenvalue weighted by Gasteiger charge is 2.20. The Labute approximate surface area is 71.4 Å². The van der Waals surface area contributed by atoms with Gasteiger partial charge < -0.3 is 5.32 Å². The number of hydrogen-bond donors (Lipinski definition) is 1. The van der Waals surface area contributed by atoms with E-state index in [-0.39, 0.29) is 12.1 Å². The van der Waals surface area contributed by atoms with Gasteiger partial charge in [0.15, 0.2) is 0 Å². The van der Waals surface area contributed by atoms with Gasteiger partial charge in [-0.2, -0.15) is 0 Å². The van der Waals surface area contributed by atoms with E-state index in [1.165, 1.54) is 0 Å². The molecule has 1 aliphatic rings. The summed E-state index contributed by atoms with van der Waals surface area (Å²) in [5.41, 5.74) is 2.26. The fraction of sp³-hybridized carbons (Fsp3) is 0.444. The average molecular weight is 164 g/mol. The Morgan fingerprint density at radius 1 is 1.67 bits per heavy atom. The van der Waals surface area contributed by atoms with Crippen molar-refractivity contribution in [2.24, 2.45) is 0 Å². The minimum absolute atomic E-state index is 0.00292. The predicted octanol–water partition coefficient (Wildman–Crippen LogP) is 1.30. The normalized spacial score (nSPS) is 21.8. The van der Waals surface area contributed by atoms with Crippen LogP contribution in [0.15, 0.2) is 12.3 Å². The van der Waals surface area contributed by atoms with Crippen LogP contribution in [0.25, 0.3) is 0 Å². The van der Waals surface area contributed by atoms with Crippen LogP contribution >= 0.6 is 0 Å². The molecule has 0 aromatic carbocycles. The van der Waals surface area contributed by atoms with Gasteiger partial charge in [-0.25, -0.2) is 4.79 Å². The Hall–Kier alpha value is -1.25. The van der Waals surface area contributed by atoms with E-state index < -0.39 is 0 Å². The number of rotatable bonds is 0. The Morgan fingerprint density at radius 3 is 3.17 bits per heavy atom. The van der Waals surface area contributed by atoms with Crippen molar-refractivity contribution in [3.63, 3.8) is 0 Å². The number of aryl methyl sites for hydroxylation is 1. The van der Waals surface area contributed by atoms with Gasteiger partial charge in [0.1, 0.15) is 0 Å². The van der Waals surface area contributed by atoms with Crippen molar-refractivity contribution >= 4 is 6.03 Å². The lowest BCUT2D eigenvalue weighted by Crippen LogP contribution is -2.42. The predicted molar refractivity (Wildman–Crippen MR) is 46.3 cm³/mol. The summed E-state index contributed by atoms with van der Waals surface area (Å²) in [6.07, 6.45) is 2.80. The molecular weight excluding hydrogens is 152 g/mol. The fourth-order valence-corrected chi connectivity index (χ4v) is 1.65. The van der Waals surface area contributed by atoms with Crippen molar-refractivity contribution in [3.05, 3.63) is 23.5 Å². The molecule has 0 spiro atoms. The van der Waals surface area contributed by atoms with Gasteiger partial charge in [0.2, 0.25) is 0 Å². The third-order valence-electron chi connectivity index (χ3n) is 2.14. The zero-order valence-corrected chi connectivity index (χ0v) is 7.29. The van der Waals surface area contributed by atoms with Crippen molar-refractivity contribution in [3.8, 4) is 0 Å². The Balaban J connectivity index is 2.46. The summed E-state index contributed by atoms with van der Waals surface area (Å²) in [6.45, 7) is 4.02. The van der Waals surface area contributed by atoms with Gasteiger partial charge in [0.05, 0.1) is 0 Å². The molecule has 3 heteroatoms.